The van der Waals surface area contributed by atoms with E-state index in [1.807, 2.05) is 30.7 Å². The van der Waals surface area contributed by atoms with Gasteiger partial charge in [-0.25, -0.2) is 9.37 Å². The SMILES string of the molecule is CC(C)c1nccn1Cc1cc(C#N)ccc1F. The molecule has 0 atom stereocenters. The van der Waals surface area contributed by atoms with E-state index in [0.717, 1.165) is 5.82 Å². The van der Waals surface area contributed by atoms with Crippen LogP contribution in [-0.4, -0.2) is 9.55 Å². The lowest BCUT2D eigenvalue weighted by molar-refractivity contribution is 0.588. The zero-order valence-electron chi connectivity index (χ0n) is 10.4. The molecule has 0 N–H and O–H groups in total. The Balaban J connectivity index is 2.34. The van der Waals surface area contributed by atoms with E-state index >= 15 is 0 Å². The summed E-state index contributed by atoms with van der Waals surface area (Å²) in [6.45, 7) is 4.48. The molecule has 1 aromatic heterocycles. The maximum Gasteiger partial charge on any atom is 0.128 e. The third-order valence-corrected chi connectivity index (χ3v) is 2.78. The first-order valence-electron chi connectivity index (χ1n) is 5.81. The van der Waals surface area contributed by atoms with Crippen molar-refractivity contribution in [2.45, 2.75) is 26.3 Å². The Kier molecular flexibility index (Phi) is 3.42. The van der Waals surface area contributed by atoms with Gasteiger partial charge in [0.25, 0.3) is 0 Å². The number of nitrogens with zero attached hydrogens (tertiary/aromatic N) is 3. The van der Waals surface area contributed by atoms with E-state index in [0.29, 0.717) is 17.7 Å². The molecular weight excluding hydrogens is 229 g/mol. The van der Waals surface area contributed by atoms with Crippen LogP contribution in [-0.2, 0) is 6.54 Å². The summed E-state index contributed by atoms with van der Waals surface area (Å²) in [6.07, 6.45) is 3.54. The second-order valence-electron chi connectivity index (χ2n) is 4.49. The van der Waals surface area contributed by atoms with Gasteiger partial charge in [0.15, 0.2) is 0 Å². The van der Waals surface area contributed by atoms with Gasteiger partial charge in [0.2, 0.25) is 0 Å². The molecule has 0 unspecified atom stereocenters. The van der Waals surface area contributed by atoms with E-state index in [2.05, 4.69) is 4.98 Å². The molecule has 2 rings (SSSR count). The van der Waals surface area contributed by atoms with Gasteiger partial charge in [0, 0.05) is 23.9 Å². The van der Waals surface area contributed by atoms with Gasteiger partial charge in [-0.15, -0.1) is 0 Å². The minimum atomic E-state index is -0.294. The van der Waals surface area contributed by atoms with Crippen LogP contribution in [0.2, 0.25) is 0 Å². The molecule has 3 nitrogen and oxygen atoms in total. The van der Waals surface area contributed by atoms with E-state index in [1.165, 1.54) is 12.1 Å². The predicted molar refractivity (Wildman–Crippen MR) is 66.5 cm³/mol. The molecular formula is C14H14FN3. The van der Waals surface area contributed by atoms with E-state index in [9.17, 15) is 4.39 Å². The third kappa shape index (κ3) is 2.40. The minimum Gasteiger partial charge on any atom is -0.330 e. The number of rotatable bonds is 3. The lowest BCUT2D eigenvalue weighted by atomic mass is 10.1. The van der Waals surface area contributed by atoms with Crippen LogP contribution in [0.4, 0.5) is 4.39 Å². The number of benzene rings is 1. The fraction of sp³-hybridized carbons (Fsp3) is 0.286. The first-order valence-corrected chi connectivity index (χ1v) is 5.81. The molecule has 0 spiro atoms. The zero-order chi connectivity index (χ0) is 13.1. The smallest absolute Gasteiger partial charge is 0.128 e. The van der Waals surface area contributed by atoms with Gasteiger partial charge in [-0.1, -0.05) is 13.8 Å². The molecule has 92 valence electrons. The van der Waals surface area contributed by atoms with Crippen LogP contribution >= 0.6 is 0 Å². The maximum atomic E-state index is 13.7. The Morgan fingerprint density at radius 1 is 1.44 bits per heavy atom. The fourth-order valence-electron chi connectivity index (χ4n) is 1.90. The summed E-state index contributed by atoms with van der Waals surface area (Å²) in [5.74, 6) is 0.899. The number of nitriles is 1. The summed E-state index contributed by atoms with van der Waals surface area (Å²) in [5, 5.41) is 8.83. The zero-order valence-corrected chi connectivity index (χ0v) is 10.4. The van der Waals surface area contributed by atoms with Crippen LogP contribution < -0.4 is 0 Å². The molecule has 1 aromatic carbocycles. The molecule has 0 saturated carbocycles. The first-order chi connectivity index (χ1) is 8.61. The highest BCUT2D eigenvalue weighted by atomic mass is 19.1. The van der Waals surface area contributed by atoms with Crippen molar-refractivity contribution in [2.75, 3.05) is 0 Å². The van der Waals surface area contributed by atoms with Crippen LogP contribution in [0.3, 0.4) is 0 Å². The monoisotopic (exact) mass is 243 g/mol. The van der Waals surface area contributed by atoms with Crippen molar-refractivity contribution >= 4 is 0 Å². The van der Waals surface area contributed by atoms with Crippen molar-refractivity contribution < 1.29 is 4.39 Å². The van der Waals surface area contributed by atoms with Gasteiger partial charge < -0.3 is 4.57 Å². The van der Waals surface area contributed by atoms with Crippen molar-refractivity contribution in [3.8, 4) is 6.07 Å². The average molecular weight is 243 g/mol. The summed E-state index contributed by atoms with van der Waals surface area (Å²) in [6, 6.07) is 6.42. The van der Waals surface area contributed by atoms with E-state index in [4.69, 9.17) is 5.26 Å². The van der Waals surface area contributed by atoms with Gasteiger partial charge in [-0.05, 0) is 18.2 Å². The second-order valence-corrected chi connectivity index (χ2v) is 4.49. The highest BCUT2D eigenvalue weighted by molar-refractivity contribution is 5.34. The molecule has 4 heteroatoms. The Labute approximate surface area is 106 Å². The third-order valence-electron chi connectivity index (χ3n) is 2.78. The number of hydrogen-bond acceptors (Lipinski definition) is 2. The lowest BCUT2D eigenvalue weighted by Gasteiger charge is -2.11. The van der Waals surface area contributed by atoms with Gasteiger partial charge >= 0.3 is 0 Å². The van der Waals surface area contributed by atoms with Gasteiger partial charge in [0.05, 0.1) is 18.2 Å². The van der Waals surface area contributed by atoms with Crippen molar-refractivity contribution in [1.82, 2.24) is 9.55 Å². The molecule has 2 aromatic rings. The molecule has 0 saturated heterocycles. The van der Waals surface area contributed by atoms with Crippen molar-refractivity contribution in [2.24, 2.45) is 0 Å². The number of imidazole rings is 1. The van der Waals surface area contributed by atoms with Crippen molar-refractivity contribution in [3.63, 3.8) is 0 Å². The van der Waals surface area contributed by atoms with Gasteiger partial charge in [-0.2, -0.15) is 5.26 Å². The largest absolute Gasteiger partial charge is 0.330 e. The molecule has 0 aliphatic rings. The van der Waals surface area contributed by atoms with Crippen LogP contribution in [0.1, 0.15) is 36.7 Å². The predicted octanol–water partition coefficient (Wildman–Crippen LogP) is 3.07. The molecule has 0 amide bonds. The Bertz CT molecular complexity index is 593. The maximum absolute atomic E-state index is 13.7. The normalized spacial score (nSPS) is 10.6. The molecule has 0 bridgehead atoms. The first kappa shape index (κ1) is 12.3. The summed E-state index contributed by atoms with van der Waals surface area (Å²) in [7, 11) is 0. The van der Waals surface area contributed by atoms with Crippen LogP contribution in [0.5, 0.6) is 0 Å². The standard InChI is InChI=1S/C14H14FN3/c1-10(2)14-17-5-6-18(14)9-12-7-11(8-16)3-4-13(12)15/h3-7,10H,9H2,1-2H3. The van der Waals surface area contributed by atoms with E-state index in [1.54, 1.807) is 12.3 Å². The van der Waals surface area contributed by atoms with Crippen LogP contribution in [0, 0.1) is 17.1 Å². The molecule has 0 fully saturated rings. The average Bonchev–Trinajstić information content (AvgIpc) is 2.80. The number of hydrogen-bond donors (Lipinski definition) is 0. The summed E-state index contributed by atoms with van der Waals surface area (Å²) < 4.78 is 15.6. The summed E-state index contributed by atoms with van der Waals surface area (Å²) >= 11 is 0. The van der Waals surface area contributed by atoms with Crippen LogP contribution in [0.25, 0.3) is 0 Å². The number of aromatic nitrogens is 2. The summed E-state index contributed by atoms with van der Waals surface area (Å²) in [4.78, 5) is 4.26. The second kappa shape index (κ2) is 5.01. The topological polar surface area (TPSA) is 41.6 Å². The minimum absolute atomic E-state index is 0.280. The Hall–Kier alpha value is -2.15. The van der Waals surface area contributed by atoms with Gasteiger partial charge in [0.1, 0.15) is 11.6 Å². The summed E-state index contributed by atoms with van der Waals surface area (Å²) in [5.41, 5.74) is 0.978. The number of halogens is 1. The van der Waals surface area contributed by atoms with Crippen molar-refractivity contribution in [1.29, 1.82) is 5.26 Å². The van der Waals surface area contributed by atoms with Gasteiger partial charge in [-0.3, -0.25) is 0 Å². The van der Waals surface area contributed by atoms with Crippen LogP contribution in [0.15, 0.2) is 30.6 Å². The molecule has 0 radical (unpaired) electrons. The fourth-order valence-corrected chi connectivity index (χ4v) is 1.90. The quantitative estimate of drug-likeness (QED) is 0.831. The molecule has 18 heavy (non-hydrogen) atoms. The highest BCUT2D eigenvalue weighted by Gasteiger charge is 2.10. The van der Waals surface area contributed by atoms with E-state index < -0.39 is 0 Å². The highest BCUT2D eigenvalue weighted by Crippen LogP contribution is 2.16. The Morgan fingerprint density at radius 2 is 2.22 bits per heavy atom. The van der Waals surface area contributed by atoms with E-state index in [-0.39, 0.29) is 11.7 Å². The molecule has 0 aliphatic carbocycles. The lowest BCUT2D eigenvalue weighted by Crippen LogP contribution is -2.07. The molecule has 1 heterocycles. The Morgan fingerprint density at radius 3 is 2.89 bits per heavy atom. The van der Waals surface area contributed by atoms with Crippen molar-refractivity contribution in [3.05, 3.63) is 53.4 Å². The molecule has 0 aliphatic heterocycles.